The number of thiophene rings is 1. The number of hydrogen-bond acceptors (Lipinski definition) is 2. The Hall–Kier alpha value is -1.32. The van der Waals surface area contributed by atoms with E-state index in [0.29, 0.717) is 6.42 Å². The molecule has 1 aliphatic heterocycles. The van der Waals surface area contributed by atoms with Crippen LogP contribution in [0.1, 0.15) is 29.9 Å². The molecule has 1 amide bonds. The Morgan fingerprint density at radius 2 is 2.10 bits per heavy atom. The second-order valence-corrected chi connectivity index (χ2v) is 7.20. The molecule has 1 aromatic heterocycles. The average molecular weight is 306 g/mol. The van der Waals surface area contributed by atoms with E-state index in [0.717, 1.165) is 26.9 Å². The van der Waals surface area contributed by atoms with Crippen LogP contribution < -0.4 is 5.32 Å². The second kappa shape index (κ2) is 4.90. The highest BCUT2D eigenvalue weighted by molar-refractivity contribution is 7.16. The Morgan fingerprint density at radius 3 is 2.75 bits per heavy atom. The van der Waals surface area contributed by atoms with Gasteiger partial charge in [0.2, 0.25) is 5.91 Å². The van der Waals surface area contributed by atoms with E-state index in [4.69, 9.17) is 11.6 Å². The predicted octanol–water partition coefficient (Wildman–Crippen LogP) is 4.42. The van der Waals surface area contributed by atoms with Crippen molar-refractivity contribution in [1.29, 1.82) is 0 Å². The Labute approximate surface area is 127 Å². The van der Waals surface area contributed by atoms with E-state index in [1.807, 2.05) is 19.1 Å². The fraction of sp³-hybridized carbons (Fsp3) is 0.312. The average Bonchev–Trinajstić information content (AvgIpc) is 2.92. The number of halogens is 1. The summed E-state index contributed by atoms with van der Waals surface area (Å²) in [6.45, 7) is 4.12. The molecule has 2 heterocycles. The van der Waals surface area contributed by atoms with Gasteiger partial charge in [0, 0.05) is 17.0 Å². The zero-order valence-electron chi connectivity index (χ0n) is 11.5. The molecule has 0 bridgehead atoms. The molecule has 3 rings (SSSR count). The van der Waals surface area contributed by atoms with Gasteiger partial charge in [-0.25, -0.2) is 0 Å². The third-order valence-corrected chi connectivity index (χ3v) is 5.22. The highest BCUT2D eigenvalue weighted by Gasteiger charge is 2.42. The van der Waals surface area contributed by atoms with Gasteiger partial charge in [0.05, 0.1) is 9.75 Å². The van der Waals surface area contributed by atoms with Gasteiger partial charge in [-0.2, -0.15) is 0 Å². The number of hydrogen-bond donors (Lipinski definition) is 1. The lowest BCUT2D eigenvalue weighted by Crippen LogP contribution is -2.33. The molecule has 0 saturated heterocycles. The Morgan fingerprint density at radius 1 is 1.30 bits per heavy atom. The van der Waals surface area contributed by atoms with Gasteiger partial charge in [-0.15, -0.1) is 11.3 Å². The van der Waals surface area contributed by atoms with Crippen molar-refractivity contribution in [2.24, 2.45) is 0 Å². The van der Waals surface area contributed by atoms with Crippen molar-refractivity contribution < 1.29 is 4.79 Å². The van der Waals surface area contributed by atoms with Crippen molar-refractivity contribution in [2.75, 3.05) is 5.32 Å². The minimum Gasteiger partial charge on any atom is -0.325 e. The highest BCUT2D eigenvalue weighted by atomic mass is 35.5. The molecule has 4 heteroatoms. The predicted molar refractivity (Wildman–Crippen MR) is 84.8 cm³/mol. The van der Waals surface area contributed by atoms with Crippen LogP contribution in [0.3, 0.4) is 0 Å². The summed E-state index contributed by atoms with van der Waals surface area (Å²) >= 11 is 7.53. The SMILES string of the molecule is CCc1ccc2c(c1)NC(=O)C2(C)Cc1ccc(Cl)s1. The standard InChI is InChI=1S/C16H16ClNOS/c1-3-10-4-6-12-13(8-10)18-15(19)16(12,2)9-11-5-7-14(17)20-11/h4-8H,3,9H2,1-2H3,(H,18,19). The largest absolute Gasteiger partial charge is 0.325 e. The molecule has 1 atom stereocenters. The number of anilines is 1. The summed E-state index contributed by atoms with van der Waals surface area (Å²) in [5.41, 5.74) is 2.78. The maximum atomic E-state index is 12.4. The van der Waals surface area contributed by atoms with E-state index in [2.05, 4.69) is 30.4 Å². The smallest absolute Gasteiger partial charge is 0.235 e. The number of nitrogens with one attached hydrogen (secondary N) is 1. The van der Waals surface area contributed by atoms with Crippen molar-refractivity contribution >= 4 is 34.5 Å². The summed E-state index contributed by atoms with van der Waals surface area (Å²) in [5, 5.41) is 3.02. The summed E-state index contributed by atoms with van der Waals surface area (Å²) in [6, 6.07) is 10.2. The van der Waals surface area contributed by atoms with Crippen molar-refractivity contribution in [3.8, 4) is 0 Å². The molecular weight excluding hydrogens is 290 g/mol. The van der Waals surface area contributed by atoms with Crippen molar-refractivity contribution in [1.82, 2.24) is 0 Å². The highest BCUT2D eigenvalue weighted by Crippen LogP contribution is 2.41. The van der Waals surface area contributed by atoms with E-state index in [-0.39, 0.29) is 5.91 Å². The van der Waals surface area contributed by atoms with Crippen LogP contribution in [0.5, 0.6) is 0 Å². The van der Waals surface area contributed by atoms with Crippen molar-refractivity contribution in [3.05, 3.63) is 50.7 Å². The second-order valence-electron chi connectivity index (χ2n) is 5.40. The van der Waals surface area contributed by atoms with E-state index in [1.165, 1.54) is 5.56 Å². The van der Waals surface area contributed by atoms with Crippen LogP contribution in [0.2, 0.25) is 4.34 Å². The normalized spacial score (nSPS) is 20.9. The van der Waals surface area contributed by atoms with Gasteiger partial charge in [0.15, 0.2) is 0 Å². The molecule has 1 aliphatic rings. The van der Waals surface area contributed by atoms with Gasteiger partial charge in [-0.3, -0.25) is 4.79 Å². The van der Waals surface area contributed by atoms with Crippen LogP contribution in [0, 0.1) is 0 Å². The number of fused-ring (bicyclic) bond motifs is 1. The van der Waals surface area contributed by atoms with Gasteiger partial charge < -0.3 is 5.32 Å². The Balaban J connectivity index is 2.00. The number of benzene rings is 1. The lowest BCUT2D eigenvalue weighted by molar-refractivity contribution is -0.120. The quantitative estimate of drug-likeness (QED) is 0.893. The molecule has 0 spiro atoms. The third-order valence-electron chi connectivity index (χ3n) is 3.99. The number of carbonyl (C=O) groups excluding carboxylic acids is 1. The molecule has 0 radical (unpaired) electrons. The first kappa shape index (κ1) is 13.7. The van der Waals surface area contributed by atoms with Crippen molar-refractivity contribution in [3.63, 3.8) is 0 Å². The van der Waals surface area contributed by atoms with E-state index >= 15 is 0 Å². The van der Waals surface area contributed by atoms with Gasteiger partial charge in [0.25, 0.3) is 0 Å². The maximum Gasteiger partial charge on any atom is 0.235 e. The van der Waals surface area contributed by atoms with Crippen LogP contribution in [0.4, 0.5) is 5.69 Å². The monoisotopic (exact) mass is 305 g/mol. The third kappa shape index (κ3) is 2.15. The molecule has 2 aromatic rings. The molecule has 0 saturated carbocycles. The zero-order chi connectivity index (χ0) is 14.3. The van der Waals surface area contributed by atoms with E-state index < -0.39 is 5.41 Å². The van der Waals surface area contributed by atoms with Gasteiger partial charge in [0.1, 0.15) is 0 Å². The molecule has 1 aromatic carbocycles. The van der Waals surface area contributed by atoms with Crippen LogP contribution in [0.25, 0.3) is 0 Å². The zero-order valence-corrected chi connectivity index (χ0v) is 13.1. The summed E-state index contributed by atoms with van der Waals surface area (Å²) in [4.78, 5) is 13.6. The van der Waals surface area contributed by atoms with Crippen LogP contribution in [0.15, 0.2) is 30.3 Å². The molecule has 104 valence electrons. The topological polar surface area (TPSA) is 29.1 Å². The first-order valence-electron chi connectivity index (χ1n) is 6.72. The van der Waals surface area contributed by atoms with E-state index in [1.54, 1.807) is 11.3 Å². The van der Waals surface area contributed by atoms with Crippen molar-refractivity contribution in [2.45, 2.75) is 32.1 Å². The minimum atomic E-state index is -0.504. The number of aryl methyl sites for hydroxylation is 1. The molecule has 0 aliphatic carbocycles. The number of amides is 1. The first-order chi connectivity index (χ1) is 9.53. The number of carbonyl (C=O) groups is 1. The maximum absolute atomic E-state index is 12.4. The summed E-state index contributed by atoms with van der Waals surface area (Å²) in [6.07, 6.45) is 1.66. The van der Waals surface area contributed by atoms with Crippen LogP contribution in [-0.2, 0) is 23.1 Å². The molecule has 2 nitrogen and oxygen atoms in total. The summed E-state index contributed by atoms with van der Waals surface area (Å²) < 4.78 is 0.767. The molecule has 20 heavy (non-hydrogen) atoms. The lowest BCUT2D eigenvalue weighted by atomic mass is 9.80. The molecular formula is C16H16ClNOS. The fourth-order valence-corrected chi connectivity index (χ4v) is 3.99. The first-order valence-corrected chi connectivity index (χ1v) is 7.91. The Bertz CT molecular complexity index is 679. The molecule has 1 unspecified atom stereocenters. The summed E-state index contributed by atoms with van der Waals surface area (Å²) in [7, 11) is 0. The Kier molecular flexibility index (Phi) is 3.35. The van der Waals surface area contributed by atoms with Crippen LogP contribution >= 0.6 is 22.9 Å². The fourth-order valence-electron chi connectivity index (χ4n) is 2.75. The van der Waals surface area contributed by atoms with Gasteiger partial charge in [-0.05, 0) is 42.7 Å². The lowest BCUT2D eigenvalue weighted by Gasteiger charge is -2.21. The molecule has 0 fully saturated rings. The van der Waals surface area contributed by atoms with Gasteiger partial charge in [-0.1, -0.05) is 30.7 Å². The van der Waals surface area contributed by atoms with E-state index in [9.17, 15) is 4.79 Å². The van der Waals surface area contributed by atoms with Gasteiger partial charge >= 0.3 is 0 Å². The number of rotatable bonds is 3. The van der Waals surface area contributed by atoms with Crippen LogP contribution in [-0.4, -0.2) is 5.91 Å². The molecule has 1 N–H and O–H groups in total. The summed E-state index contributed by atoms with van der Waals surface area (Å²) in [5.74, 6) is 0.0743. The minimum absolute atomic E-state index is 0.0743.